The van der Waals surface area contributed by atoms with E-state index in [1.165, 1.54) is 11.5 Å². The van der Waals surface area contributed by atoms with Crippen LogP contribution in [0.25, 0.3) is 0 Å². The van der Waals surface area contributed by atoms with E-state index in [2.05, 4.69) is 28.5 Å². The Balaban J connectivity index is 3.36. The van der Waals surface area contributed by atoms with Crippen molar-refractivity contribution in [1.29, 1.82) is 0 Å². The zero-order valence-corrected chi connectivity index (χ0v) is 7.37. The molecule has 0 bridgehead atoms. The number of hydrogen-bond donors (Lipinski definition) is 0. The van der Waals surface area contributed by atoms with E-state index in [-0.39, 0.29) is 9.65 Å². The van der Waals surface area contributed by atoms with Crippen LogP contribution in [0.1, 0.15) is 13.8 Å². The van der Waals surface area contributed by atoms with Gasteiger partial charge in [0.15, 0.2) is 0 Å². The summed E-state index contributed by atoms with van der Waals surface area (Å²) in [7, 11) is 2.71. The van der Waals surface area contributed by atoms with Gasteiger partial charge in [0.1, 0.15) is 0 Å². The van der Waals surface area contributed by atoms with Crippen LogP contribution in [0.15, 0.2) is 0 Å². The molecular weight excluding hydrogens is 123 g/mol. The van der Waals surface area contributed by atoms with Crippen molar-refractivity contribution in [2.75, 3.05) is 17.8 Å². The van der Waals surface area contributed by atoms with Crippen molar-refractivity contribution in [2.45, 2.75) is 13.8 Å². The average Bonchev–Trinajstić information content (AvgIpc) is 1.68. The average molecular weight is 138 g/mol. The highest BCUT2D eigenvalue weighted by atomic mass is 32.8. The molecule has 1 atom stereocenters. The topological polar surface area (TPSA) is 0 Å². The Labute approximate surface area is 50.3 Å². The van der Waals surface area contributed by atoms with Crippen LogP contribution in [0.2, 0.25) is 0 Å². The Bertz CT molecular complexity index is 46.0. The van der Waals surface area contributed by atoms with Gasteiger partial charge in [-0.15, -0.1) is 0 Å². The third-order valence-electron chi connectivity index (χ3n) is 1.32. The smallest absolute Gasteiger partial charge is 0.0228 e. The van der Waals surface area contributed by atoms with E-state index in [9.17, 15) is 0 Å². The normalized spacial score (nSPS) is 14.3. The molecule has 0 aliphatic heterocycles. The molecule has 0 aromatic carbocycles. The van der Waals surface area contributed by atoms with Crippen LogP contribution in [-0.4, -0.2) is 17.8 Å². The molecule has 0 nitrogen and oxygen atoms in total. The molecule has 0 saturated carbocycles. The Morgan fingerprint density at radius 1 is 1.29 bits per heavy atom. The van der Waals surface area contributed by atoms with Crippen LogP contribution < -0.4 is 0 Å². The highest BCUT2D eigenvalue weighted by Crippen LogP contribution is 2.51. The second kappa shape index (κ2) is 2.94. The zero-order chi connectivity index (χ0) is 5.91. The molecule has 0 amide bonds. The van der Waals surface area contributed by atoms with Crippen molar-refractivity contribution in [1.82, 2.24) is 0 Å². The summed E-state index contributed by atoms with van der Waals surface area (Å²) in [5.41, 5.74) is 0. The lowest BCUT2D eigenvalue weighted by molar-refractivity contribution is 1.43. The first kappa shape index (κ1) is 7.78. The number of hydrogen-bond acceptors (Lipinski definition) is 0. The summed E-state index contributed by atoms with van der Waals surface area (Å²) in [4.78, 5) is 0. The molecule has 46 valence electrons. The Morgan fingerprint density at radius 2 is 1.57 bits per heavy atom. The summed E-state index contributed by atoms with van der Waals surface area (Å²) in [6, 6.07) is 0. The second-order valence-corrected chi connectivity index (χ2v) is 9.20. The summed E-state index contributed by atoms with van der Waals surface area (Å²) in [6.07, 6.45) is 2.34. The van der Waals surface area contributed by atoms with Gasteiger partial charge in [-0.2, -0.15) is 0 Å². The lowest BCUT2D eigenvalue weighted by atomic mass is 11.0. The fraction of sp³-hybridized carbons (Fsp3) is 1.00. The first-order valence-corrected chi connectivity index (χ1v) is 6.49. The molecule has 7 heavy (non-hydrogen) atoms. The summed E-state index contributed by atoms with van der Waals surface area (Å²) >= 11 is 0. The molecular formula is C5H15PS. The molecule has 0 fully saturated rings. The van der Waals surface area contributed by atoms with Gasteiger partial charge in [0, 0.05) is 0 Å². The van der Waals surface area contributed by atoms with Gasteiger partial charge in [-0.3, -0.25) is 0 Å². The van der Waals surface area contributed by atoms with Crippen LogP contribution in [0, 0.1) is 0 Å². The van der Waals surface area contributed by atoms with Gasteiger partial charge in [0.05, 0.1) is 0 Å². The van der Waals surface area contributed by atoms with Gasteiger partial charge >= 0.3 is 0 Å². The van der Waals surface area contributed by atoms with Gasteiger partial charge < -0.3 is 0 Å². The molecule has 0 aromatic rings. The SMILES string of the molecule is CCS(C)(P)CC. The molecule has 0 radical (unpaired) electrons. The monoisotopic (exact) mass is 138 g/mol. The fourth-order valence-electron chi connectivity index (χ4n) is 0.204. The summed E-state index contributed by atoms with van der Waals surface area (Å²) in [5, 5.41) is 0. The van der Waals surface area contributed by atoms with E-state index in [1.54, 1.807) is 0 Å². The highest BCUT2D eigenvalue weighted by molar-refractivity contribution is 8.68. The molecule has 0 spiro atoms. The van der Waals surface area contributed by atoms with Gasteiger partial charge in [0.25, 0.3) is 0 Å². The van der Waals surface area contributed by atoms with Gasteiger partial charge in [-0.05, 0) is 17.8 Å². The van der Waals surface area contributed by atoms with Crippen LogP contribution in [0.3, 0.4) is 0 Å². The van der Waals surface area contributed by atoms with Gasteiger partial charge in [-0.25, -0.2) is 9.65 Å². The molecule has 0 heterocycles. The third kappa shape index (κ3) is 3.37. The number of rotatable bonds is 2. The standard InChI is InChI=1S/C5H15PS/c1-4-7(3,6)5-2/h4-6H2,1-3H3. The van der Waals surface area contributed by atoms with Crippen molar-refractivity contribution in [3.05, 3.63) is 0 Å². The second-order valence-electron chi connectivity index (χ2n) is 1.93. The van der Waals surface area contributed by atoms with Gasteiger partial charge in [-0.1, -0.05) is 22.3 Å². The minimum absolute atomic E-state index is 0.241. The Kier molecular flexibility index (Phi) is 3.27. The molecule has 0 saturated heterocycles. The lowest BCUT2D eigenvalue weighted by Crippen LogP contribution is -1.92. The Morgan fingerprint density at radius 3 is 1.57 bits per heavy atom. The molecule has 1 unspecified atom stereocenters. The highest BCUT2D eigenvalue weighted by Gasteiger charge is 2.02. The van der Waals surface area contributed by atoms with Crippen molar-refractivity contribution in [2.24, 2.45) is 0 Å². The van der Waals surface area contributed by atoms with Crippen molar-refractivity contribution in [3.8, 4) is 0 Å². The van der Waals surface area contributed by atoms with Crippen LogP contribution in [-0.2, 0) is 0 Å². The van der Waals surface area contributed by atoms with E-state index in [0.29, 0.717) is 0 Å². The van der Waals surface area contributed by atoms with Crippen molar-refractivity contribution in [3.63, 3.8) is 0 Å². The van der Waals surface area contributed by atoms with E-state index >= 15 is 0 Å². The van der Waals surface area contributed by atoms with Crippen molar-refractivity contribution >= 4 is 18.1 Å². The molecule has 0 N–H and O–H groups in total. The van der Waals surface area contributed by atoms with Crippen LogP contribution >= 0.6 is 18.1 Å². The van der Waals surface area contributed by atoms with Crippen molar-refractivity contribution < 1.29 is 0 Å². The summed E-state index contributed by atoms with van der Waals surface area (Å²) < 4.78 is 0. The van der Waals surface area contributed by atoms with E-state index in [1.807, 2.05) is 0 Å². The molecule has 2 heteroatoms. The molecule has 0 aromatic heterocycles. The maximum absolute atomic E-state index is 2.95. The fourth-order valence-corrected chi connectivity index (χ4v) is 0.612. The largest absolute Gasteiger partial charge is 0.229 e. The minimum Gasteiger partial charge on any atom is -0.229 e. The van der Waals surface area contributed by atoms with E-state index < -0.39 is 0 Å². The first-order chi connectivity index (χ1) is 3.12. The Hall–Kier alpha value is 0.780. The summed E-state index contributed by atoms with van der Waals surface area (Å²) in [5.74, 6) is 2.68. The zero-order valence-electron chi connectivity index (χ0n) is 5.40. The van der Waals surface area contributed by atoms with Crippen LogP contribution in [0.4, 0.5) is 0 Å². The third-order valence-corrected chi connectivity index (χ3v) is 5.96. The predicted octanol–water partition coefficient (Wildman–Crippen LogP) is 2.25. The van der Waals surface area contributed by atoms with E-state index in [4.69, 9.17) is 0 Å². The van der Waals surface area contributed by atoms with Crippen LogP contribution in [0.5, 0.6) is 0 Å². The molecule has 0 aliphatic rings. The quantitative estimate of drug-likeness (QED) is 0.513. The van der Waals surface area contributed by atoms with E-state index in [0.717, 1.165) is 0 Å². The summed E-state index contributed by atoms with van der Waals surface area (Å²) in [6.45, 7) is 4.51. The maximum Gasteiger partial charge on any atom is -0.0228 e. The predicted molar refractivity (Wildman–Crippen MR) is 44.3 cm³/mol. The van der Waals surface area contributed by atoms with Gasteiger partial charge in [0.2, 0.25) is 0 Å². The first-order valence-electron chi connectivity index (χ1n) is 2.64. The molecule has 0 aliphatic carbocycles. The lowest BCUT2D eigenvalue weighted by Gasteiger charge is -2.26. The molecule has 0 rings (SSSR count). The minimum atomic E-state index is -0.241. The maximum atomic E-state index is 2.95.